The molecule has 98 valence electrons. The van der Waals surface area contributed by atoms with Crippen molar-refractivity contribution in [2.45, 2.75) is 25.8 Å². The van der Waals surface area contributed by atoms with E-state index in [4.69, 9.17) is 5.73 Å². The lowest BCUT2D eigenvalue weighted by atomic mass is 10.0. The summed E-state index contributed by atoms with van der Waals surface area (Å²) < 4.78 is 53.3. The number of nitrogens with two attached hydrogens (primary N) is 1. The van der Waals surface area contributed by atoms with Gasteiger partial charge in [0.15, 0.2) is 23.3 Å². The molecular formula is C12H12F4N2. The summed E-state index contributed by atoms with van der Waals surface area (Å²) >= 11 is 0. The van der Waals surface area contributed by atoms with Crippen LogP contribution in [-0.4, -0.2) is 11.0 Å². The van der Waals surface area contributed by atoms with E-state index in [-0.39, 0.29) is 23.4 Å². The largest absolute Gasteiger partial charge is 0.358 e. The molecule has 0 saturated carbocycles. The van der Waals surface area contributed by atoms with Crippen LogP contribution >= 0.6 is 0 Å². The Kier molecular flexibility index (Phi) is 3.30. The quantitative estimate of drug-likeness (QED) is 0.497. The molecule has 2 rings (SSSR count). The summed E-state index contributed by atoms with van der Waals surface area (Å²) in [5, 5.41) is -0.268. The van der Waals surface area contributed by atoms with E-state index in [0.29, 0.717) is 12.0 Å². The van der Waals surface area contributed by atoms with Gasteiger partial charge in [0, 0.05) is 17.6 Å². The topological polar surface area (TPSA) is 41.8 Å². The van der Waals surface area contributed by atoms with Crippen molar-refractivity contribution in [1.29, 1.82) is 0 Å². The highest BCUT2D eigenvalue weighted by Gasteiger charge is 2.23. The fourth-order valence-corrected chi connectivity index (χ4v) is 1.89. The first-order valence-electron chi connectivity index (χ1n) is 5.54. The first-order chi connectivity index (χ1) is 8.47. The van der Waals surface area contributed by atoms with Crippen molar-refractivity contribution in [1.82, 2.24) is 4.98 Å². The zero-order chi connectivity index (χ0) is 13.4. The minimum atomic E-state index is -1.81. The van der Waals surface area contributed by atoms with Crippen molar-refractivity contribution in [3.05, 3.63) is 35.0 Å². The van der Waals surface area contributed by atoms with Crippen molar-refractivity contribution in [3.8, 4) is 0 Å². The predicted molar refractivity (Wildman–Crippen MR) is 60.1 cm³/mol. The summed E-state index contributed by atoms with van der Waals surface area (Å²) in [4.78, 5) is 2.42. The van der Waals surface area contributed by atoms with E-state index >= 15 is 0 Å². The third-order valence-corrected chi connectivity index (χ3v) is 2.99. The molecule has 1 aromatic carbocycles. The zero-order valence-electron chi connectivity index (χ0n) is 9.66. The minimum Gasteiger partial charge on any atom is -0.358 e. The minimum absolute atomic E-state index is 0.250. The van der Waals surface area contributed by atoms with Gasteiger partial charge in [-0.2, -0.15) is 0 Å². The van der Waals surface area contributed by atoms with Crippen LogP contribution in [0, 0.1) is 23.3 Å². The molecule has 0 aliphatic rings. The Morgan fingerprint density at radius 3 is 2.33 bits per heavy atom. The number of H-pyrrole nitrogens is 1. The van der Waals surface area contributed by atoms with Crippen molar-refractivity contribution in [2.24, 2.45) is 5.73 Å². The Morgan fingerprint density at radius 2 is 1.72 bits per heavy atom. The Morgan fingerprint density at radius 1 is 1.11 bits per heavy atom. The van der Waals surface area contributed by atoms with Gasteiger partial charge in [0.25, 0.3) is 0 Å². The maximum Gasteiger partial charge on any atom is 0.199 e. The monoisotopic (exact) mass is 260 g/mol. The second-order valence-electron chi connectivity index (χ2n) is 4.19. The van der Waals surface area contributed by atoms with Gasteiger partial charge in [-0.25, -0.2) is 17.6 Å². The molecule has 2 nitrogen and oxygen atoms in total. The van der Waals surface area contributed by atoms with E-state index < -0.39 is 23.3 Å². The molecule has 1 aromatic heterocycles. The van der Waals surface area contributed by atoms with Crippen LogP contribution in [0.5, 0.6) is 0 Å². The van der Waals surface area contributed by atoms with E-state index in [1.807, 2.05) is 6.92 Å². The third kappa shape index (κ3) is 1.86. The molecule has 0 radical (unpaired) electrons. The van der Waals surface area contributed by atoms with Gasteiger partial charge in [-0.15, -0.1) is 0 Å². The summed E-state index contributed by atoms with van der Waals surface area (Å²) in [5.74, 6) is -6.41. The summed E-state index contributed by atoms with van der Waals surface area (Å²) in [6.07, 6.45) is 2.23. The zero-order valence-corrected chi connectivity index (χ0v) is 9.66. The van der Waals surface area contributed by atoms with Crippen molar-refractivity contribution in [3.63, 3.8) is 0 Å². The standard InChI is InChI=1S/C12H12F4N2/c1-2-6(17)3-5-4-18-12-7(5)8(13)9(14)10(15)11(12)16/h4,6,18H,2-3,17H2,1H3. The first kappa shape index (κ1) is 12.9. The number of aromatic nitrogens is 1. The van der Waals surface area contributed by atoms with Crippen LogP contribution in [0.15, 0.2) is 6.20 Å². The van der Waals surface area contributed by atoms with Crippen molar-refractivity contribution in [2.75, 3.05) is 0 Å². The molecule has 0 aliphatic carbocycles. The maximum atomic E-state index is 13.6. The fraction of sp³-hybridized carbons (Fsp3) is 0.333. The molecule has 6 heteroatoms. The molecule has 1 atom stereocenters. The van der Waals surface area contributed by atoms with Gasteiger partial charge in [0.2, 0.25) is 0 Å². The van der Waals surface area contributed by atoms with Gasteiger partial charge >= 0.3 is 0 Å². The van der Waals surface area contributed by atoms with Gasteiger partial charge in [-0.1, -0.05) is 6.92 Å². The van der Waals surface area contributed by atoms with Crippen LogP contribution < -0.4 is 5.73 Å². The van der Waals surface area contributed by atoms with Gasteiger partial charge in [-0.3, -0.25) is 0 Å². The molecule has 3 N–H and O–H groups in total. The Labute approximate surface area is 101 Å². The molecule has 1 unspecified atom stereocenters. The molecule has 2 aromatic rings. The van der Waals surface area contributed by atoms with E-state index in [1.165, 1.54) is 6.20 Å². The number of nitrogens with one attached hydrogen (secondary N) is 1. The smallest absolute Gasteiger partial charge is 0.199 e. The van der Waals surface area contributed by atoms with E-state index in [1.54, 1.807) is 0 Å². The molecule has 0 amide bonds. The molecule has 0 bridgehead atoms. The average Bonchev–Trinajstić information content (AvgIpc) is 2.77. The van der Waals surface area contributed by atoms with E-state index in [0.717, 1.165) is 0 Å². The summed E-state index contributed by atoms with van der Waals surface area (Å²) in [7, 11) is 0. The molecule has 0 fully saturated rings. The van der Waals surface area contributed by atoms with Crippen molar-refractivity contribution < 1.29 is 17.6 Å². The second kappa shape index (κ2) is 4.61. The highest BCUT2D eigenvalue weighted by molar-refractivity contribution is 5.84. The van der Waals surface area contributed by atoms with Crippen LogP contribution in [0.4, 0.5) is 17.6 Å². The lowest BCUT2D eigenvalue weighted by Gasteiger charge is -2.08. The van der Waals surface area contributed by atoms with E-state index in [9.17, 15) is 17.6 Å². The van der Waals surface area contributed by atoms with Gasteiger partial charge < -0.3 is 10.7 Å². The molecule has 0 spiro atoms. The second-order valence-corrected chi connectivity index (χ2v) is 4.19. The summed E-state index contributed by atoms with van der Waals surface area (Å²) in [6, 6.07) is -0.250. The van der Waals surface area contributed by atoms with Crippen LogP contribution in [-0.2, 0) is 6.42 Å². The summed E-state index contributed by atoms with van der Waals surface area (Å²) in [6.45, 7) is 1.84. The normalized spacial score (nSPS) is 13.2. The number of fused-ring (bicyclic) bond motifs is 1. The van der Waals surface area contributed by atoms with Gasteiger partial charge in [0.1, 0.15) is 0 Å². The van der Waals surface area contributed by atoms with Crippen LogP contribution in [0.3, 0.4) is 0 Å². The number of rotatable bonds is 3. The SMILES string of the molecule is CCC(N)Cc1c[nH]c2c(F)c(F)c(F)c(F)c12. The average molecular weight is 260 g/mol. The first-order valence-corrected chi connectivity index (χ1v) is 5.54. The molecule has 18 heavy (non-hydrogen) atoms. The Hall–Kier alpha value is -1.56. The van der Waals surface area contributed by atoms with Crippen LogP contribution in [0.1, 0.15) is 18.9 Å². The van der Waals surface area contributed by atoms with E-state index in [2.05, 4.69) is 4.98 Å². The highest BCUT2D eigenvalue weighted by Crippen LogP contribution is 2.29. The lowest BCUT2D eigenvalue weighted by molar-refractivity contribution is 0.417. The third-order valence-electron chi connectivity index (χ3n) is 2.99. The number of halogens is 4. The molecule has 0 saturated heterocycles. The van der Waals surface area contributed by atoms with Gasteiger partial charge in [-0.05, 0) is 18.4 Å². The number of hydrogen-bond donors (Lipinski definition) is 2. The number of hydrogen-bond acceptors (Lipinski definition) is 1. The molecular weight excluding hydrogens is 248 g/mol. The Bertz CT molecular complexity index is 592. The summed E-state index contributed by atoms with van der Waals surface area (Å²) in [5.41, 5.74) is 5.68. The lowest BCUT2D eigenvalue weighted by Crippen LogP contribution is -2.21. The highest BCUT2D eigenvalue weighted by atomic mass is 19.2. The molecule has 1 heterocycles. The fourth-order valence-electron chi connectivity index (χ4n) is 1.89. The number of benzene rings is 1. The number of aromatic amines is 1. The maximum absolute atomic E-state index is 13.6. The Balaban J connectivity index is 2.65. The van der Waals surface area contributed by atoms with Crippen LogP contribution in [0.25, 0.3) is 10.9 Å². The van der Waals surface area contributed by atoms with Crippen molar-refractivity contribution >= 4 is 10.9 Å². The molecule has 0 aliphatic heterocycles. The predicted octanol–water partition coefficient (Wildman–Crippen LogP) is 3.00. The van der Waals surface area contributed by atoms with Gasteiger partial charge in [0.05, 0.1) is 5.52 Å². The van der Waals surface area contributed by atoms with Crippen LogP contribution in [0.2, 0.25) is 0 Å².